The van der Waals surface area contributed by atoms with Crippen molar-refractivity contribution in [1.82, 2.24) is 24.4 Å². The summed E-state index contributed by atoms with van der Waals surface area (Å²) in [7, 11) is 2.06. The summed E-state index contributed by atoms with van der Waals surface area (Å²) in [6.45, 7) is 10.1. The second-order valence-electron chi connectivity index (χ2n) is 9.07. The lowest BCUT2D eigenvalue weighted by atomic mass is 10.00. The maximum absolute atomic E-state index is 13.7. The lowest BCUT2D eigenvalue weighted by Gasteiger charge is -2.37. The number of ether oxygens (including phenoxy) is 1. The normalized spacial score (nSPS) is 18.3. The molecule has 2 aliphatic heterocycles. The van der Waals surface area contributed by atoms with Crippen LogP contribution in [0, 0.1) is 13.8 Å². The molecule has 0 bridgehead atoms. The Hall–Kier alpha value is -2.64. The molecule has 8 heteroatoms. The Labute approximate surface area is 186 Å². The van der Waals surface area contributed by atoms with Crippen LogP contribution in [0.2, 0.25) is 5.02 Å². The number of aromatic nitrogens is 3. The minimum Gasteiger partial charge on any atom is -0.487 e. The molecule has 4 heterocycles. The number of hydrogen-bond donors (Lipinski definition) is 0. The number of likely N-dealkylation sites (tertiary alicyclic amines) is 1. The number of carbonyl (C=O) groups excluding carboxylic acids is 1. The Balaban J connectivity index is 1.51. The number of rotatable bonds is 3. The third-order valence-corrected chi connectivity index (χ3v) is 6.99. The fourth-order valence-electron chi connectivity index (χ4n) is 4.59. The van der Waals surface area contributed by atoms with Gasteiger partial charge in [-0.15, -0.1) is 0 Å². The number of carbonyl (C=O) groups is 1. The number of amides is 1. The van der Waals surface area contributed by atoms with E-state index in [4.69, 9.17) is 21.4 Å². The summed E-state index contributed by atoms with van der Waals surface area (Å²) in [4.78, 5) is 22.4. The fraction of sp³-hybridized carbons (Fsp3) is 0.435. The zero-order valence-corrected chi connectivity index (χ0v) is 19.2. The summed E-state index contributed by atoms with van der Waals surface area (Å²) in [6.07, 6.45) is 0.117. The molecule has 1 amide bonds. The summed E-state index contributed by atoms with van der Waals surface area (Å²) in [6, 6.07) is 7.50. The van der Waals surface area contributed by atoms with Crippen LogP contribution in [0.5, 0.6) is 5.75 Å². The van der Waals surface area contributed by atoms with E-state index < -0.39 is 5.54 Å². The Bertz CT molecular complexity index is 1210. The monoisotopic (exact) mass is 439 g/mol. The van der Waals surface area contributed by atoms with Gasteiger partial charge in [-0.05, 0) is 46.9 Å². The SMILES string of the molecule is Cc1nc2c3c(nn2c(C)c1Cl)C(C)(C)N(C(=O)c1ccccc1OC1CN(C)C1)C3. The molecule has 2 aliphatic rings. The minimum atomic E-state index is -0.587. The number of halogens is 1. The van der Waals surface area contributed by atoms with E-state index in [1.54, 1.807) is 4.52 Å². The first-order valence-electron chi connectivity index (χ1n) is 10.5. The molecular weight excluding hydrogens is 414 g/mol. The summed E-state index contributed by atoms with van der Waals surface area (Å²) >= 11 is 6.39. The molecule has 5 rings (SSSR count). The molecule has 0 atom stereocenters. The zero-order valence-electron chi connectivity index (χ0n) is 18.4. The van der Waals surface area contributed by atoms with E-state index in [-0.39, 0.29) is 12.0 Å². The van der Waals surface area contributed by atoms with Gasteiger partial charge in [-0.1, -0.05) is 23.7 Å². The molecule has 31 heavy (non-hydrogen) atoms. The van der Waals surface area contributed by atoms with E-state index in [0.29, 0.717) is 22.9 Å². The first kappa shape index (κ1) is 20.3. The summed E-state index contributed by atoms with van der Waals surface area (Å²) < 4.78 is 7.94. The van der Waals surface area contributed by atoms with Crippen molar-refractivity contribution >= 4 is 23.2 Å². The molecule has 1 saturated heterocycles. The largest absolute Gasteiger partial charge is 0.487 e. The van der Waals surface area contributed by atoms with Crippen LogP contribution >= 0.6 is 11.6 Å². The Morgan fingerprint density at radius 2 is 1.94 bits per heavy atom. The number of fused-ring (bicyclic) bond motifs is 3. The molecule has 1 fully saturated rings. The first-order chi connectivity index (χ1) is 14.7. The van der Waals surface area contributed by atoms with Gasteiger partial charge in [-0.2, -0.15) is 5.10 Å². The van der Waals surface area contributed by atoms with Gasteiger partial charge < -0.3 is 9.64 Å². The van der Waals surface area contributed by atoms with Crippen molar-refractivity contribution in [2.24, 2.45) is 0 Å². The molecule has 7 nitrogen and oxygen atoms in total. The minimum absolute atomic E-state index is 0.0631. The van der Waals surface area contributed by atoms with Crippen molar-refractivity contribution in [3.63, 3.8) is 0 Å². The Kier molecular flexibility index (Phi) is 4.53. The van der Waals surface area contributed by atoms with Crippen molar-refractivity contribution in [2.45, 2.75) is 45.9 Å². The predicted octanol–water partition coefficient (Wildman–Crippen LogP) is 3.58. The van der Waals surface area contributed by atoms with Crippen LogP contribution in [-0.2, 0) is 12.1 Å². The highest BCUT2D eigenvalue weighted by Gasteiger charge is 2.45. The van der Waals surface area contributed by atoms with Crippen molar-refractivity contribution in [1.29, 1.82) is 0 Å². The van der Waals surface area contributed by atoms with Crippen LogP contribution < -0.4 is 4.74 Å². The van der Waals surface area contributed by atoms with E-state index in [9.17, 15) is 4.79 Å². The Morgan fingerprint density at radius 3 is 2.65 bits per heavy atom. The van der Waals surface area contributed by atoms with Crippen LogP contribution in [0.1, 0.15) is 46.9 Å². The molecule has 0 unspecified atom stereocenters. The van der Waals surface area contributed by atoms with Crippen LogP contribution in [0.25, 0.3) is 5.65 Å². The molecule has 3 aromatic rings. The van der Waals surface area contributed by atoms with Gasteiger partial charge in [0.15, 0.2) is 5.65 Å². The first-order valence-corrected chi connectivity index (χ1v) is 10.9. The lowest BCUT2D eigenvalue weighted by Crippen LogP contribution is -2.51. The summed E-state index contributed by atoms with van der Waals surface area (Å²) in [5.41, 5.74) is 4.21. The van der Waals surface area contributed by atoms with E-state index in [2.05, 4.69) is 16.9 Å². The molecule has 162 valence electrons. The second-order valence-corrected chi connectivity index (χ2v) is 9.44. The number of nitrogens with zero attached hydrogens (tertiary/aromatic N) is 5. The van der Waals surface area contributed by atoms with Crippen LogP contribution in [-0.4, -0.2) is 56.5 Å². The highest BCUT2D eigenvalue weighted by molar-refractivity contribution is 6.31. The molecule has 0 saturated carbocycles. The van der Waals surface area contributed by atoms with Crippen LogP contribution in [0.3, 0.4) is 0 Å². The van der Waals surface area contributed by atoms with Crippen LogP contribution in [0.4, 0.5) is 0 Å². The van der Waals surface area contributed by atoms with Gasteiger partial charge in [0.1, 0.15) is 11.9 Å². The zero-order chi connectivity index (χ0) is 22.1. The van der Waals surface area contributed by atoms with E-state index in [0.717, 1.165) is 41.4 Å². The smallest absolute Gasteiger partial charge is 0.258 e. The van der Waals surface area contributed by atoms with Crippen LogP contribution in [0.15, 0.2) is 24.3 Å². The van der Waals surface area contributed by atoms with E-state index >= 15 is 0 Å². The number of para-hydroxylation sites is 1. The van der Waals surface area contributed by atoms with Crippen molar-refractivity contribution in [3.8, 4) is 5.75 Å². The third-order valence-electron chi connectivity index (χ3n) is 6.44. The van der Waals surface area contributed by atoms with Gasteiger partial charge in [0.2, 0.25) is 0 Å². The highest BCUT2D eigenvalue weighted by Crippen LogP contribution is 2.42. The number of aryl methyl sites for hydroxylation is 2. The maximum Gasteiger partial charge on any atom is 0.258 e. The topological polar surface area (TPSA) is 63.0 Å². The molecule has 0 N–H and O–H groups in total. The predicted molar refractivity (Wildman–Crippen MR) is 119 cm³/mol. The quantitative estimate of drug-likeness (QED) is 0.624. The lowest BCUT2D eigenvalue weighted by molar-refractivity contribution is 0.0360. The molecule has 0 radical (unpaired) electrons. The highest BCUT2D eigenvalue weighted by atomic mass is 35.5. The van der Waals surface area contributed by atoms with Gasteiger partial charge >= 0.3 is 0 Å². The summed E-state index contributed by atoms with van der Waals surface area (Å²) in [5, 5.41) is 5.43. The molecule has 1 aromatic carbocycles. The van der Waals surface area contributed by atoms with Gasteiger partial charge in [0.05, 0.1) is 39.8 Å². The van der Waals surface area contributed by atoms with Gasteiger partial charge in [0, 0.05) is 18.7 Å². The average molecular weight is 440 g/mol. The van der Waals surface area contributed by atoms with Gasteiger partial charge in [-0.3, -0.25) is 9.69 Å². The summed E-state index contributed by atoms with van der Waals surface area (Å²) in [5.74, 6) is 0.573. The molecule has 2 aromatic heterocycles. The molecule has 0 aliphatic carbocycles. The number of hydrogen-bond acceptors (Lipinski definition) is 5. The number of benzene rings is 1. The van der Waals surface area contributed by atoms with Gasteiger partial charge in [-0.25, -0.2) is 9.50 Å². The molecule has 0 spiro atoms. The van der Waals surface area contributed by atoms with Crippen molar-refractivity contribution in [2.75, 3.05) is 20.1 Å². The average Bonchev–Trinajstić information content (AvgIpc) is 3.20. The number of likely N-dealkylation sites (N-methyl/N-ethyl adjacent to an activating group) is 1. The molecular formula is C23H26ClN5O2. The Morgan fingerprint density at radius 1 is 1.23 bits per heavy atom. The van der Waals surface area contributed by atoms with Gasteiger partial charge in [0.25, 0.3) is 5.91 Å². The van der Waals surface area contributed by atoms with E-state index in [1.165, 1.54) is 0 Å². The standard InChI is InChI=1S/C23H26ClN5O2/c1-13-19(24)14(2)29-21(25-13)17-12-28(23(3,4)20(17)26-29)22(30)16-8-6-7-9-18(16)31-15-10-27(5)11-15/h6-9,15H,10-12H2,1-5H3. The van der Waals surface area contributed by atoms with Crippen molar-refractivity contribution in [3.05, 3.63) is 57.5 Å². The van der Waals surface area contributed by atoms with E-state index in [1.807, 2.05) is 56.9 Å². The maximum atomic E-state index is 13.7. The second kappa shape index (κ2) is 6.93. The fourth-order valence-corrected chi connectivity index (χ4v) is 4.71. The van der Waals surface area contributed by atoms with Crippen molar-refractivity contribution < 1.29 is 9.53 Å². The third kappa shape index (κ3) is 3.02.